The second-order valence-electron chi connectivity index (χ2n) is 8.20. The predicted molar refractivity (Wildman–Crippen MR) is 99.4 cm³/mol. The van der Waals surface area contributed by atoms with E-state index in [-0.39, 0.29) is 23.9 Å². The van der Waals surface area contributed by atoms with Crippen molar-refractivity contribution in [3.63, 3.8) is 0 Å². The number of nitrogens with zero attached hydrogens (tertiary/aromatic N) is 1. The van der Waals surface area contributed by atoms with E-state index in [4.69, 9.17) is 4.74 Å². The number of carbonyl (C=O) groups is 1. The fourth-order valence-corrected chi connectivity index (χ4v) is 5.23. The molecule has 1 aliphatic carbocycles. The van der Waals surface area contributed by atoms with Gasteiger partial charge in [-0.05, 0) is 50.3 Å². The van der Waals surface area contributed by atoms with Crippen LogP contribution in [0.5, 0.6) is 0 Å². The topological polar surface area (TPSA) is 29.5 Å². The van der Waals surface area contributed by atoms with E-state index in [1.54, 1.807) is 0 Å². The molecular weight excluding hydrogens is 310 g/mol. The summed E-state index contributed by atoms with van der Waals surface area (Å²) in [5, 5.41) is 0. The van der Waals surface area contributed by atoms with Crippen LogP contribution in [-0.4, -0.2) is 36.6 Å². The summed E-state index contributed by atoms with van der Waals surface area (Å²) in [4.78, 5) is 15.3. The van der Waals surface area contributed by atoms with Gasteiger partial charge in [-0.1, -0.05) is 56.0 Å². The van der Waals surface area contributed by atoms with Crippen molar-refractivity contribution in [1.29, 1.82) is 0 Å². The first-order chi connectivity index (χ1) is 12.3. The number of hydrogen-bond donors (Lipinski definition) is 0. The van der Waals surface area contributed by atoms with Crippen LogP contribution >= 0.6 is 0 Å². The highest BCUT2D eigenvalue weighted by atomic mass is 16.6. The quantitative estimate of drug-likeness (QED) is 0.761. The molecule has 0 N–H and O–H groups in total. The molecule has 4 rings (SSSR count). The minimum atomic E-state index is 0.00688. The van der Waals surface area contributed by atoms with Gasteiger partial charge in [0.2, 0.25) is 0 Å². The van der Waals surface area contributed by atoms with E-state index in [0.717, 1.165) is 19.6 Å². The highest BCUT2D eigenvalue weighted by Crippen LogP contribution is 2.44. The van der Waals surface area contributed by atoms with E-state index in [2.05, 4.69) is 35.2 Å². The largest absolute Gasteiger partial charge is 0.461 e. The van der Waals surface area contributed by atoms with Crippen LogP contribution in [-0.2, 0) is 9.53 Å². The average Bonchev–Trinajstić information content (AvgIpc) is 3.00. The second kappa shape index (κ2) is 7.90. The molecule has 3 atom stereocenters. The Morgan fingerprint density at radius 2 is 1.60 bits per heavy atom. The first-order valence-corrected chi connectivity index (χ1v) is 10.3. The van der Waals surface area contributed by atoms with Crippen LogP contribution in [0.2, 0.25) is 0 Å². The molecule has 25 heavy (non-hydrogen) atoms. The number of hydrogen-bond acceptors (Lipinski definition) is 3. The molecule has 0 bridgehead atoms. The number of rotatable bonds is 4. The highest BCUT2D eigenvalue weighted by molar-refractivity contribution is 5.77. The Hall–Kier alpha value is -1.35. The Kier molecular flexibility index (Phi) is 5.40. The molecule has 1 saturated carbocycles. The average molecular weight is 341 g/mol. The van der Waals surface area contributed by atoms with Crippen LogP contribution in [0.3, 0.4) is 0 Å². The van der Waals surface area contributed by atoms with Gasteiger partial charge in [0.05, 0.1) is 5.92 Å². The Morgan fingerprint density at radius 3 is 2.32 bits per heavy atom. The molecular formula is C22H31NO2. The van der Waals surface area contributed by atoms with Crippen molar-refractivity contribution in [2.45, 2.75) is 63.4 Å². The SMILES string of the molecule is O=C1OC(C2CCCCC2)[C@H](c2ccccc2)C1CN1CCCCC1. The molecule has 3 aliphatic rings. The highest BCUT2D eigenvalue weighted by Gasteiger charge is 2.48. The Labute approximate surface area is 151 Å². The van der Waals surface area contributed by atoms with Gasteiger partial charge in [0.25, 0.3) is 0 Å². The smallest absolute Gasteiger partial charge is 0.311 e. The number of likely N-dealkylation sites (tertiary alicyclic amines) is 1. The molecule has 2 unspecified atom stereocenters. The summed E-state index contributed by atoms with van der Waals surface area (Å²) in [7, 11) is 0. The fourth-order valence-electron chi connectivity index (χ4n) is 5.23. The zero-order valence-corrected chi connectivity index (χ0v) is 15.2. The lowest BCUT2D eigenvalue weighted by atomic mass is 9.75. The van der Waals surface area contributed by atoms with Crippen LogP contribution in [0.15, 0.2) is 30.3 Å². The van der Waals surface area contributed by atoms with Crippen LogP contribution in [0.4, 0.5) is 0 Å². The Morgan fingerprint density at radius 1 is 0.920 bits per heavy atom. The van der Waals surface area contributed by atoms with E-state index >= 15 is 0 Å². The number of esters is 1. The van der Waals surface area contributed by atoms with Crippen molar-refractivity contribution in [2.24, 2.45) is 11.8 Å². The second-order valence-corrected chi connectivity index (χ2v) is 8.20. The van der Waals surface area contributed by atoms with Gasteiger partial charge in [-0.2, -0.15) is 0 Å². The molecule has 0 aromatic heterocycles. The van der Waals surface area contributed by atoms with Gasteiger partial charge in [0.15, 0.2) is 0 Å². The van der Waals surface area contributed by atoms with Crippen LogP contribution in [0.1, 0.15) is 62.8 Å². The van der Waals surface area contributed by atoms with Crippen molar-refractivity contribution in [1.82, 2.24) is 4.90 Å². The maximum atomic E-state index is 12.8. The lowest BCUT2D eigenvalue weighted by molar-refractivity contribution is -0.146. The van der Waals surface area contributed by atoms with Crippen molar-refractivity contribution in [3.8, 4) is 0 Å². The first kappa shape index (κ1) is 17.1. The van der Waals surface area contributed by atoms with E-state index in [1.165, 1.54) is 56.9 Å². The van der Waals surface area contributed by atoms with Crippen LogP contribution in [0, 0.1) is 11.8 Å². The van der Waals surface area contributed by atoms with Crippen LogP contribution in [0.25, 0.3) is 0 Å². The van der Waals surface area contributed by atoms with Gasteiger partial charge in [-0.25, -0.2) is 0 Å². The summed E-state index contributed by atoms with van der Waals surface area (Å²) in [6.45, 7) is 3.15. The Bertz CT molecular complexity index is 561. The summed E-state index contributed by atoms with van der Waals surface area (Å²) in [6.07, 6.45) is 10.3. The monoisotopic (exact) mass is 341 g/mol. The van der Waals surface area contributed by atoms with Gasteiger partial charge >= 0.3 is 5.97 Å². The van der Waals surface area contributed by atoms with E-state index in [1.807, 2.05) is 0 Å². The number of benzene rings is 1. The molecule has 1 aromatic rings. The van der Waals surface area contributed by atoms with Gasteiger partial charge in [-0.3, -0.25) is 4.79 Å². The third kappa shape index (κ3) is 3.76. The zero-order valence-electron chi connectivity index (χ0n) is 15.2. The van der Waals surface area contributed by atoms with E-state index in [9.17, 15) is 4.79 Å². The third-order valence-electron chi connectivity index (χ3n) is 6.54. The van der Waals surface area contributed by atoms with Crippen molar-refractivity contribution >= 4 is 5.97 Å². The molecule has 1 aromatic carbocycles. The zero-order chi connectivity index (χ0) is 17.1. The third-order valence-corrected chi connectivity index (χ3v) is 6.54. The number of carbonyl (C=O) groups excluding carboxylic acids is 1. The molecule has 136 valence electrons. The van der Waals surface area contributed by atoms with Crippen molar-refractivity contribution < 1.29 is 9.53 Å². The maximum Gasteiger partial charge on any atom is 0.311 e. The molecule has 0 radical (unpaired) electrons. The van der Waals surface area contributed by atoms with Crippen molar-refractivity contribution in [2.75, 3.05) is 19.6 Å². The summed E-state index contributed by atoms with van der Waals surface area (Å²) in [5.41, 5.74) is 1.30. The standard InChI is InChI=1S/C22H31NO2/c24-22-19(16-23-14-8-3-9-15-23)20(17-10-4-1-5-11-17)21(25-22)18-12-6-2-7-13-18/h1,4-5,10-11,18-21H,2-3,6-9,12-16H2/t19?,20-,21?/m1/s1. The minimum Gasteiger partial charge on any atom is -0.461 e. The lowest BCUT2D eigenvalue weighted by Crippen LogP contribution is -2.38. The molecule has 0 spiro atoms. The van der Waals surface area contributed by atoms with E-state index < -0.39 is 0 Å². The summed E-state index contributed by atoms with van der Waals surface area (Å²) >= 11 is 0. The van der Waals surface area contributed by atoms with Gasteiger partial charge in [0.1, 0.15) is 6.10 Å². The summed E-state index contributed by atoms with van der Waals surface area (Å²) in [5.74, 6) is 0.843. The molecule has 2 saturated heterocycles. The summed E-state index contributed by atoms with van der Waals surface area (Å²) in [6, 6.07) is 10.7. The van der Waals surface area contributed by atoms with E-state index in [0.29, 0.717) is 5.92 Å². The van der Waals surface area contributed by atoms with Crippen LogP contribution < -0.4 is 0 Å². The van der Waals surface area contributed by atoms with Crippen molar-refractivity contribution in [3.05, 3.63) is 35.9 Å². The molecule has 3 fully saturated rings. The fraction of sp³-hybridized carbons (Fsp3) is 0.682. The molecule has 3 nitrogen and oxygen atoms in total. The maximum absolute atomic E-state index is 12.8. The van der Waals surface area contributed by atoms with Gasteiger partial charge in [-0.15, -0.1) is 0 Å². The first-order valence-electron chi connectivity index (χ1n) is 10.3. The molecule has 3 heteroatoms. The Balaban J connectivity index is 1.58. The number of piperidine rings is 1. The van der Waals surface area contributed by atoms with Gasteiger partial charge in [0, 0.05) is 12.5 Å². The lowest BCUT2D eigenvalue weighted by Gasteiger charge is -2.33. The van der Waals surface area contributed by atoms with Gasteiger partial charge < -0.3 is 9.64 Å². The molecule has 2 aliphatic heterocycles. The number of ether oxygens (including phenoxy) is 1. The molecule has 0 amide bonds. The number of cyclic esters (lactones) is 1. The predicted octanol–water partition coefficient (Wildman–Crippen LogP) is 4.38. The minimum absolute atomic E-state index is 0.00688. The molecule has 2 heterocycles. The summed E-state index contributed by atoms with van der Waals surface area (Å²) < 4.78 is 6.06. The normalized spacial score (nSPS) is 31.8.